The summed E-state index contributed by atoms with van der Waals surface area (Å²) in [6.45, 7) is 0. The molecule has 0 fully saturated rings. The second kappa shape index (κ2) is 4.61. The number of nitrogens with two attached hydrogens (primary N) is 1. The van der Waals surface area contributed by atoms with Crippen LogP contribution in [0.4, 0.5) is 5.69 Å². The topological polar surface area (TPSA) is 62.8 Å². The number of hydrogen-bond acceptors (Lipinski definition) is 3. The molecule has 4 heteroatoms. The molecule has 1 aromatic carbocycles. The molecule has 1 aromatic heterocycles. The van der Waals surface area contributed by atoms with E-state index in [1.165, 1.54) is 6.21 Å². The third-order valence-electron chi connectivity index (χ3n) is 2.26. The number of nitrogens with one attached hydrogen (secondary N) is 1. The minimum Gasteiger partial charge on any atom is -0.398 e. The van der Waals surface area contributed by atoms with E-state index in [1.807, 2.05) is 24.3 Å². The molecule has 0 spiro atoms. The van der Waals surface area contributed by atoms with E-state index >= 15 is 0 Å². The summed E-state index contributed by atoms with van der Waals surface area (Å²) >= 11 is 2.24. The summed E-state index contributed by atoms with van der Waals surface area (Å²) in [5.74, 6) is 0. The number of halogens is 1. The van der Waals surface area contributed by atoms with Crippen molar-refractivity contribution in [3.8, 4) is 0 Å². The fourth-order valence-electron chi connectivity index (χ4n) is 1.53. The maximum atomic E-state index is 6.99. The third-order valence-corrected chi connectivity index (χ3v) is 3.36. The molecular weight excluding hydrogens is 313 g/mol. The van der Waals surface area contributed by atoms with Crippen LogP contribution in [0.2, 0.25) is 0 Å². The second-order valence-corrected chi connectivity index (χ2v) is 4.37. The van der Waals surface area contributed by atoms with E-state index in [0.29, 0.717) is 5.69 Å². The average molecular weight is 323 g/mol. The number of hydrogen-bond donors (Lipinski definition) is 2. The van der Waals surface area contributed by atoms with Gasteiger partial charge in [-0.05, 0) is 40.8 Å². The molecule has 2 aromatic rings. The zero-order chi connectivity index (χ0) is 11.5. The summed E-state index contributed by atoms with van der Waals surface area (Å²) in [5, 5.41) is 8.02. The lowest BCUT2D eigenvalue weighted by molar-refractivity contribution is 1.40. The Hall–Kier alpha value is -1.43. The molecule has 0 aliphatic heterocycles. The molecule has 0 aliphatic rings. The molecule has 3 nitrogen and oxygen atoms in total. The van der Waals surface area contributed by atoms with Crippen LogP contribution < -0.4 is 5.73 Å². The van der Waals surface area contributed by atoms with Gasteiger partial charge in [-0.2, -0.15) is 0 Å². The first-order valence-electron chi connectivity index (χ1n) is 4.74. The van der Waals surface area contributed by atoms with Crippen LogP contribution in [0.15, 0.2) is 30.5 Å². The number of pyridine rings is 1. The van der Waals surface area contributed by atoms with Gasteiger partial charge in [0.05, 0.1) is 5.52 Å². The van der Waals surface area contributed by atoms with Crippen molar-refractivity contribution in [1.82, 2.24) is 4.98 Å². The quantitative estimate of drug-likeness (QED) is 0.507. The van der Waals surface area contributed by atoms with Gasteiger partial charge in [-0.15, -0.1) is 0 Å². The van der Waals surface area contributed by atoms with Gasteiger partial charge < -0.3 is 11.1 Å². The van der Waals surface area contributed by atoms with Gasteiger partial charge in [0.1, 0.15) is 0 Å². The first-order chi connectivity index (χ1) is 7.74. The highest BCUT2D eigenvalue weighted by Gasteiger charge is 2.07. The molecule has 1 heterocycles. The lowest BCUT2D eigenvalue weighted by Gasteiger charge is -2.07. The molecule has 0 atom stereocenters. The molecule has 0 amide bonds. The summed E-state index contributed by atoms with van der Waals surface area (Å²) in [6, 6.07) is 5.80. The summed E-state index contributed by atoms with van der Waals surface area (Å²) in [7, 11) is 0. The molecule has 0 radical (unpaired) electrons. The lowest BCUT2D eigenvalue weighted by atomic mass is 10.1. The number of rotatable bonds is 2. The van der Waals surface area contributed by atoms with E-state index in [4.69, 9.17) is 11.1 Å². The normalized spacial score (nSPS) is 11.1. The van der Waals surface area contributed by atoms with Crippen LogP contribution >= 0.6 is 22.6 Å². The summed E-state index contributed by atoms with van der Waals surface area (Å²) in [4.78, 5) is 4.34. The molecule has 0 aliphatic carbocycles. The van der Waals surface area contributed by atoms with E-state index in [1.54, 1.807) is 12.3 Å². The third kappa shape index (κ3) is 1.92. The average Bonchev–Trinajstić information content (AvgIpc) is 2.29. The summed E-state index contributed by atoms with van der Waals surface area (Å²) in [6.07, 6.45) is 6.49. The van der Waals surface area contributed by atoms with Crippen molar-refractivity contribution in [2.24, 2.45) is 0 Å². The van der Waals surface area contributed by atoms with Crippen LogP contribution in [0.25, 0.3) is 17.0 Å². The van der Waals surface area contributed by atoms with Crippen LogP contribution in [0.3, 0.4) is 0 Å². The monoisotopic (exact) mass is 323 g/mol. The van der Waals surface area contributed by atoms with Crippen LogP contribution in [-0.2, 0) is 0 Å². The minimum absolute atomic E-state index is 0.711. The maximum Gasteiger partial charge on any atom is 0.0842 e. The van der Waals surface area contributed by atoms with Crippen molar-refractivity contribution in [2.45, 2.75) is 0 Å². The highest BCUT2D eigenvalue weighted by atomic mass is 127. The van der Waals surface area contributed by atoms with Crippen LogP contribution in [-0.4, -0.2) is 11.2 Å². The van der Waals surface area contributed by atoms with E-state index in [-0.39, 0.29) is 0 Å². The summed E-state index contributed by atoms with van der Waals surface area (Å²) in [5.41, 5.74) is 8.55. The molecule has 0 unspecified atom stereocenters. The number of allylic oxidation sites excluding steroid dienone is 1. The van der Waals surface area contributed by atoms with Gasteiger partial charge in [-0.25, -0.2) is 0 Å². The molecular formula is C12H10IN3. The molecule has 2 rings (SSSR count). The Morgan fingerprint density at radius 3 is 3.00 bits per heavy atom. The second-order valence-electron chi connectivity index (χ2n) is 3.29. The van der Waals surface area contributed by atoms with Crippen molar-refractivity contribution in [3.05, 3.63) is 39.6 Å². The fourth-order valence-corrected chi connectivity index (χ4v) is 2.47. The van der Waals surface area contributed by atoms with E-state index in [2.05, 4.69) is 27.6 Å². The number of nitrogen functional groups attached to an aromatic ring is 1. The zero-order valence-corrected chi connectivity index (χ0v) is 10.6. The van der Waals surface area contributed by atoms with Gasteiger partial charge >= 0.3 is 0 Å². The van der Waals surface area contributed by atoms with Gasteiger partial charge in [0.25, 0.3) is 0 Å². The number of anilines is 1. The molecule has 0 saturated carbocycles. The Bertz CT molecular complexity index is 576. The minimum atomic E-state index is 0.711. The highest BCUT2D eigenvalue weighted by molar-refractivity contribution is 14.1. The Labute approximate surface area is 107 Å². The van der Waals surface area contributed by atoms with E-state index in [9.17, 15) is 0 Å². The SMILES string of the molecule is N=C/C=C\c1c(N)cc2cccnc2c1I. The zero-order valence-electron chi connectivity index (χ0n) is 8.44. The first-order valence-corrected chi connectivity index (χ1v) is 5.81. The van der Waals surface area contributed by atoms with Crippen molar-refractivity contribution < 1.29 is 0 Å². The predicted molar refractivity (Wildman–Crippen MR) is 76.7 cm³/mol. The van der Waals surface area contributed by atoms with Gasteiger partial charge in [0, 0.05) is 32.6 Å². The molecule has 0 bridgehead atoms. The smallest absolute Gasteiger partial charge is 0.0842 e. The molecule has 0 saturated heterocycles. The Balaban J connectivity index is 2.75. The van der Waals surface area contributed by atoms with Crippen molar-refractivity contribution in [3.63, 3.8) is 0 Å². The number of nitrogens with zero attached hydrogens (tertiary/aromatic N) is 1. The highest BCUT2D eigenvalue weighted by Crippen LogP contribution is 2.28. The fraction of sp³-hybridized carbons (Fsp3) is 0. The standard InChI is InChI=1S/C12H10IN3/c13-11-9(4-1-5-14)10(15)7-8-3-2-6-16-12(8)11/h1-7,14H,15H2/b4-1-,14-5?. The van der Waals surface area contributed by atoms with Crippen molar-refractivity contribution in [1.29, 1.82) is 5.41 Å². The van der Waals surface area contributed by atoms with Gasteiger partial charge in [0.2, 0.25) is 0 Å². The number of benzene rings is 1. The first kappa shape index (κ1) is 11.1. The van der Waals surface area contributed by atoms with Gasteiger partial charge in [-0.3, -0.25) is 4.98 Å². The lowest BCUT2D eigenvalue weighted by Crippen LogP contribution is -1.95. The van der Waals surface area contributed by atoms with Gasteiger partial charge in [0.15, 0.2) is 0 Å². The Kier molecular flexibility index (Phi) is 3.19. The van der Waals surface area contributed by atoms with Crippen LogP contribution in [0.5, 0.6) is 0 Å². The van der Waals surface area contributed by atoms with Gasteiger partial charge in [-0.1, -0.05) is 12.1 Å². The number of aromatic nitrogens is 1. The van der Waals surface area contributed by atoms with Crippen molar-refractivity contribution >= 4 is 51.5 Å². The largest absolute Gasteiger partial charge is 0.398 e. The summed E-state index contributed by atoms with van der Waals surface area (Å²) < 4.78 is 1.02. The molecule has 16 heavy (non-hydrogen) atoms. The van der Waals surface area contributed by atoms with Crippen LogP contribution in [0.1, 0.15) is 5.56 Å². The molecule has 3 N–H and O–H groups in total. The van der Waals surface area contributed by atoms with Crippen LogP contribution in [0, 0.1) is 8.98 Å². The maximum absolute atomic E-state index is 6.99. The Morgan fingerprint density at radius 1 is 1.44 bits per heavy atom. The Morgan fingerprint density at radius 2 is 2.25 bits per heavy atom. The van der Waals surface area contributed by atoms with Crippen molar-refractivity contribution in [2.75, 3.05) is 5.73 Å². The number of fused-ring (bicyclic) bond motifs is 1. The van der Waals surface area contributed by atoms with E-state index < -0.39 is 0 Å². The predicted octanol–water partition coefficient (Wildman–Crippen LogP) is 3.08. The molecule has 80 valence electrons. The van der Waals surface area contributed by atoms with E-state index in [0.717, 1.165) is 20.0 Å².